The van der Waals surface area contributed by atoms with E-state index in [4.69, 9.17) is 0 Å². The number of anilines is 1. The molecule has 1 aromatic rings. The molecule has 1 N–H and O–H groups in total. The topological polar surface area (TPSA) is 15.3 Å². The smallest absolute Gasteiger partial charge is 0.129 e. The summed E-state index contributed by atoms with van der Waals surface area (Å²) in [5.41, 5.74) is 1.81. The third kappa shape index (κ3) is 4.99. The van der Waals surface area contributed by atoms with Gasteiger partial charge in [-0.15, -0.1) is 0 Å². The Balaban J connectivity index is 3.10. The zero-order valence-electron chi connectivity index (χ0n) is 14.8. The van der Waals surface area contributed by atoms with Crippen LogP contribution in [-0.2, 0) is 6.54 Å². The van der Waals surface area contributed by atoms with Gasteiger partial charge < -0.3 is 10.2 Å². The summed E-state index contributed by atoms with van der Waals surface area (Å²) < 4.78 is 14.3. The second-order valence-corrected chi connectivity index (χ2v) is 7.99. The lowest BCUT2D eigenvalue weighted by Gasteiger charge is -2.38. The molecule has 0 saturated carbocycles. The lowest BCUT2D eigenvalue weighted by Crippen LogP contribution is -2.41. The molecule has 0 bridgehead atoms. The SMILES string of the molecule is CC(N(C)c1cccc(F)c1CNC(C)(C)C)C(C)(C)C. The molecule has 1 rings (SSSR count). The summed E-state index contributed by atoms with van der Waals surface area (Å²) in [4.78, 5) is 2.18. The Bertz CT molecular complexity index is 469. The molecule has 0 radical (unpaired) electrons. The summed E-state index contributed by atoms with van der Waals surface area (Å²) in [6.45, 7) is 15.6. The van der Waals surface area contributed by atoms with Gasteiger partial charge >= 0.3 is 0 Å². The maximum absolute atomic E-state index is 14.3. The number of rotatable bonds is 4. The van der Waals surface area contributed by atoms with Crippen molar-refractivity contribution in [3.05, 3.63) is 29.6 Å². The number of nitrogens with zero attached hydrogens (tertiary/aromatic N) is 1. The van der Waals surface area contributed by atoms with Crippen molar-refractivity contribution in [1.29, 1.82) is 0 Å². The average molecular weight is 294 g/mol. The minimum absolute atomic E-state index is 0.0340. The van der Waals surface area contributed by atoms with Crippen LogP contribution in [0.5, 0.6) is 0 Å². The molecule has 2 nitrogen and oxygen atoms in total. The molecule has 0 aliphatic rings. The Hall–Kier alpha value is -1.09. The summed E-state index contributed by atoms with van der Waals surface area (Å²) in [6, 6.07) is 5.65. The predicted molar refractivity (Wildman–Crippen MR) is 90.3 cm³/mol. The number of hydrogen-bond donors (Lipinski definition) is 1. The van der Waals surface area contributed by atoms with Crippen LogP contribution in [0.1, 0.15) is 54.0 Å². The molecular weight excluding hydrogens is 263 g/mol. The molecule has 0 aromatic heterocycles. The van der Waals surface area contributed by atoms with Gasteiger partial charge in [-0.3, -0.25) is 0 Å². The van der Waals surface area contributed by atoms with E-state index in [1.807, 2.05) is 13.1 Å². The number of halogens is 1. The lowest BCUT2D eigenvalue weighted by molar-refractivity contribution is 0.328. The van der Waals surface area contributed by atoms with E-state index in [1.54, 1.807) is 12.1 Å². The first-order valence-electron chi connectivity index (χ1n) is 7.69. The van der Waals surface area contributed by atoms with Crippen LogP contribution in [0, 0.1) is 11.2 Å². The van der Waals surface area contributed by atoms with Gasteiger partial charge in [0, 0.05) is 36.4 Å². The first kappa shape index (κ1) is 18.0. The quantitative estimate of drug-likeness (QED) is 0.874. The van der Waals surface area contributed by atoms with E-state index < -0.39 is 0 Å². The minimum atomic E-state index is -0.141. The van der Waals surface area contributed by atoms with Crippen LogP contribution in [-0.4, -0.2) is 18.6 Å². The summed E-state index contributed by atoms with van der Waals surface area (Å²) in [5, 5.41) is 3.39. The van der Waals surface area contributed by atoms with Gasteiger partial charge in [-0.25, -0.2) is 4.39 Å². The Morgan fingerprint density at radius 3 is 2.19 bits per heavy atom. The van der Waals surface area contributed by atoms with Crippen molar-refractivity contribution in [2.45, 2.75) is 66.6 Å². The summed E-state index contributed by atoms with van der Waals surface area (Å²) in [5.74, 6) is -0.141. The predicted octanol–water partition coefficient (Wildman–Crippen LogP) is 4.58. The van der Waals surface area contributed by atoms with Crippen molar-refractivity contribution in [1.82, 2.24) is 5.32 Å². The van der Waals surface area contributed by atoms with Crippen molar-refractivity contribution in [3.8, 4) is 0 Å². The van der Waals surface area contributed by atoms with E-state index in [0.717, 1.165) is 11.3 Å². The van der Waals surface area contributed by atoms with Crippen LogP contribution in [0.3, 0.4) is 0 Å². The van der Waals surface area contributed by atoms with E-state index in [-0.39, 0.29) is 16.8 Å². The highest BCUT2D eigenvalue weighted by molar-refractivity contribution is 5.54. The van der Waals surface area contributed by atoms with E-state index >= 15 is 0 Å². The molecule has 0 aliphatic carbocycles. The normalized spacial score (nSPS) is 14.1. The molecule has 0 amide bonds. The van der Waals surface area contributed by atoms with E-state index in [2.05, 4.69) is 58.7 Å². The molecule has 0 spiro atoms. The zero-order chi connectivity index (χ0) is 16.4. The lowest BCUT2D eigenvalue weighted by atomic mass is 9.86. The molecule has 1 aromatic carbocycles. The van der Waals surface area contributed by atoms with E-state index in [0.29, 0.717) is 12.6 Å². The average Bonchev–Trinajstić information content (AvgIpc) is 2.33. The van der Waals surface area contributed by atoms with Crippen LogP contribution < -0.4 is 10.2 Å². The second kappa shape index (κ2) is 6.35. The minimum Gasteiger partial charge on any atom is -0.371 e. The molecule has 3 heteroatoms. The van der Waals surface area contributed by atoms with Crippen molar-refractivity contribution >= 4 is 5.69 Å². The molecular formula is C18H31FN2. The Morgan fingerprint density at radius 2 is 1.71 bits per heavy atom. The van der Waals surface area contributed by atoms with Gasteiger partial charge in [0.15, 0.2) is 0 Å². The molecule has 120 valence electrons. The second-order valence-electron chi connectivity index (χ2n) is 7.99. The van der Waals surface area contributed by atoms with Gasteiger partial charge in [0.2, 0.25) is 0 Å². The number of benzene rings is 1. The van der Waals surface area contributed by atoms with Crippen LogP contribution in [0.15, 0.2) is 18.2 Å². The first-order valence-corrected chi connectivity index (χ1v) is 7.69. The summed E-state index contributed by atoms with van der Waals surface area (Å²) >= 11 is 0. The van der Waals surface area contributed by atoms with Gasteiger partial charge in [0.25, 0.3) is 0 Å². The monoisotopic (exact) mass is 294 g/mol. The Labute approximate surface area is 129 Å². The van der Waals surface area contributed by atoms with Gasteiger partial charge in [-0.2, -0.15) is 0 Å². The Kier molecular flexibility index (Phi) is 5.43. The van der Waals surface area contributed by atoms with Gasteiger partial charge in [0.05, 0.1) is 0 Å². The van der Waals surface area contributed by atoms with E-state index in [9.17, 15) is 4.39 Å². The fourth-order valence-corrected chi connectivity index (χ4v) is 2.20. The maximum atomic E-state index is 14.3. The van der Waals surface area contributed by atoms with Crippen molar-refractivity contribution < 1.29 is 4.39 Å². The fraction of sp³-hybridized carbons (Fsp3) is 0.667. The molecule has 1 atom stereocenters. The van der Waals surface area contributed by atoms with Crippen LogP contribution in [0.25, 0.3) is 0 Å². The summed E-state index contributed by atoms with van der Waals surface area (Å²) in [6.07, 6.45) is 0. The highest BCUT2D eigenvalue weighted by Crippen LogP contribution is 2.30. The highest BCUT2D eigenvalue weighted by Gasteiger charge is 2.26. The highest BCUT2D eigenvalue weighted by atomic mass is 19.1. The molecule has 0 aliphatic heterocycles. The van der Waals surface area contributed by atoms with E-state index in [1.165, 1.54) is 0 Å². The maximum Gasteiger partial charge on any atom is 0.129 e. The van der Waals surface area contributed by atoms with Crippen LogP contribution >= 0.6 is 0 Å². The van der Waals surface area contributed by atoms with Crippen molar-refractivity contribution in [3.63, 3.8) is 0 Å². The molecule has 0 fully saturated rings. The molecule has 21 heavy (non-hydrogen) atoms. The summed E-state index contributed by atoms with van der Waals surface area (Å²) in [7, 11) is 2.05. The van der Waals surface area contributed by atoms with Gasteiger partial charge in [0.1, 0.15) is 5.82 Å². The third-order valence-corrected chi connectivity index (χ3v) is 4.10. The standard InChI is InChI=1S/C18H31FN2/c1-13(17(2,3)4)21(8)16-11-9-10-15(19)14(16)12-20-18(5,6)7/h9-11,13,20H,12H2,1-8H3. The molecule has 0 heterocycles. The zero-order valence-corrected chi connectivity index (χ0v) is 14.8. The fourth-order valence-electron chi connectivity index (χ4n) is 2.20. The van der Waals surface area contributed by atoms with Crippen molar-refractivity contribution in [2.75, 3.05) is 11.9 Å². The number of hydrogen-bond acceptors (Lipinski definition) is 2. The first-order chi connectivity index (χ1) is 9.43. The van der Waals surface area contributed by atoms with Crippen molar-refractivity contribution in [2.24, 2.45) is 5.41 Å². The van der Waals surface area contributed by atoms with Crippen LogP contribution in [0.2, 0.25) is 0 Å². The largest absolute Gasteiger partial charge is 0.371 e. The van der Waals surface area contributed by atoms with Crippen LogP contribution in [0.4, 0.5) is 10.1 Å². The Morgan fingerprint density at radius 1 is 1.14 bits per heavy atom. The van der Waals surface area contributed by atoms with Gasteiger partial charge in [-0.05, 0) is 45.2 Å². The van der Waals surface area contributed by atoms with Gasteiger partial charge in [-0.1, -0.05) is 26.8 Å². The number of nitrogens with one attached hydrogen (secondary N) is 1. The molecule has 0 saturated heterocycles. The third-order valence-electron chi connectivity index (χ3n) is 4.10. The molecule has 1 unspecified atom stereocenters.